The maximum atomic E-state index is 12.9. The van der Waals surface area contributed by atoms with Gasteiger partial charge in [-0.05, 0) is 18.1 Å². The lowest BCUT2D eigenvalue weighted by Gasteiger charge is -2.07. The lowest BCUT2D eigenvalue weighted by Crippen LogP contribution is -2.11. The minimum Gasteiger partial charge on any atom is -0.478 e. The Morgan fingerprint density at radius 2 is 2.32 bits per heavy atom. The van der Waals surface area contributed by atoms with E-state index in [-0.39, 0.29) is 11.4 Å². The smallest absolute Gasteiger partial charge is 0.339 e. The standard InChI is InChI=1S/C12H13FN4O2/c1-17-7-8(5-16-17)2-3-14-11-10(12(18)19)4-9(13)6-15-11/h4-7H,2-3H2,1H3,(H,14,15)(H,18,19). The number of pyridine rings is 1. The Bertz CT molecular complexity index is 597. The lowest BCUT2D eigenvalue weighted by atomic mass is 10.2. The van der Waals surface area contributed by atoms with Crippen LogP contribution in [0.2, 0.25) is 0 Å². The highest BCUT2D eigenvalue weighted by Gasteiger charge is 2.12. The number of hydrogen-bond acceptors (Lipinski definition) is 4. The van der Waals surface area contributed by atoms with Gasteiger partial charge in [0.15, 0.2) is 0 Å². The summed E-state index contributed by atoms with van der Waals surface area (Å²) in [7, 11) is 1.82. The fourth-order valence-corrected chi connectivity index (χ4v) is 1.67. The van der Waals surface area contributed by atoms with Gasteiger partial charge in [-0.25, -0.2) is 14.2 Å². The van der Waals surface area contributed by atoms with E-state index in [2.05, 4.69) is 15.4 Å². The summed E-state index contributed by atoms with van der Waals surface area (Å²) in [6, 6.07) is 0.946. The maximum absolute atomic E-state index is 12.9. The number of anilines is 1. The summed E-state index contributed by atoms with van der Waals surface area (Å²) in [5.41, 5.74) is 0.847. The van der Waals surface area contributed by atoms with Gasteiger partial charge < -0.3 is 10.4 Å². The molecule has 0 spiro atoms. The Labute approximate surface area is 108 Å². The van der Waals surface area contributed by atoms with Gasteiger partial charge >= 0.3 is 5.97 Å². The number of hydrogen-bond donors (Lipinski definition) is 2. The first-order valence-corrected chi connectivity index (χ1v) is 5.66. The molecule has 0 radical (unpaired) electrons. The third-order valence-electron chi connectivity index (χ3n) is 2.55. The molecule has 0 aliphatic rings. The molecule has 2 aromatic heterocycles. The molecule has 0 aliphatic carbocycles. The number of nitrogens with one attached hydrogen (secondary N) is 1. The van der Waals surface area contributed by atoms with Crippen molar-refractivity contribution in [2.75, 3.05) is 11.9 Å². The molecule has 0 saturated heterocycles. The molecule has 7 heteroatoms. The number of rotatable bonds is 5. The van der Waals surface area contributed by atoms with Crippen LogP contribution in [0.25, 0.3) is 0 Å². The van der Waals surface area contributed by atoms with Crippen molar-refractivity contribution >= 4 is 11.8 Å². The van der Waals surface area contributed by atoms with Crippen molar-refractivity contribution in [2.45, 2.75) is 6.42 Å². The van der Waals surface area contributed by atoms with Gasteiger partial charge in [0, 0.05) is 19.8 Å². The quantitative estimate of drug-likeness (QED) is 0.851. The molecule has 2 heterocycles. The molecule has 0 aliphatic heterocycles. The first-order chi connectivity index (χ1) is 9.06. The molecule has 6 nitrogen and oxygen atoms in total. The second-order valence-electron chi connectivity index (χ2n) is 4.05. The second kappa shape index (κ2) is 5.47. The zero-order valence-corrected chi connectivity index (χ0v) is 10.3. The van der Waals surface area contributed by atoms with Crippen LogP contribution in [-0.4, -0.2) is 32.4 Å². The predicted molar refractivity (Wildman–Crippen MR) is 66.6 cm³/mol. The van der Waals surface area contributed by atoms with Gasteiger partial charge in [-0.3, -0.25) is 4.68 Å². The SMILES string of the molecule is Cn1cc(CCNc2ncc(F)cc2C(=O)O)cn1. The van der Waals surface area contributed by atoms with E-state index >= 15 is 0 Å². The van der Waals surface area contributed by atoms with E-state index in [4.69, 9.17) is 5.11 Å². The van der Waals surface area contributed by atoms with Crippen molar-refractivity contribution in [3.8, 4) is 0 Å². The van der Waals surface area contributed by atoms with Crippen LogP contribution < -0.4 is 5.32 Å². The van der Waals surface area contributed by atoms with Crippen molar-refractivity contribution in [1.29, 1.82) is 0 Å². The summed E-state index contributed by atoms with van der Waals surface area (Å²) < 4.78 is 14.6. The van der Waals surface area contributed by atoms with Crippen LogP contribution in [0.15, 0.2) is 24.7 Å². The molecule has 0 saturated carbocycles. The lowest BCUT2D eigenvalue weighted by molar-refractivity contribution is 0.0697. The van der Waals surface area contributed by atoms with Gasteiger partial charge in [-0.1, -0.05) is 0 Å². The number of aromatic carboxylic acids is 1. The van der Waals surface area contributed by atoms with E-state index in [1.165, 1.54) is 0 Å². The van der Waals surface area contributed by atoms with Crippen LogP contribution >= 0.6 is 0 Å². The van der Waals surface area contributed by atoms with E-state index in [1.807, 2.05) is 13.2 Å². The molecule has 19 heavy (non-hydrogen) atoms. The van der Waals surface area contributed by atoms with Crippen molar-refractivity contribution < 1.29 is 14.3 Å². The van der Waals surface area contributed by atoms with Crippen LogP contribution in [0.3, 0.4) is 0 Å². The van der Waals surface area contributed by atoms with Crippen molar-refractivity contribution in [1.82, 2.24) is 14.8 Å². The van der Waals surface area contributed by atoms with E-state index < -0.39 is 11.8 Å². The fourth-order valence-electron chi connectivity index (χ4n) is 1.67. The highest BCUT2D eigenvalue weighted by molar-refractivity contribution is 5.93. The number of carboxylic acid groups (broad SMARTS) is 1. The molecule has 0 aromatic carbocycles. The number of carbonyl (C=O) groups is 1. The molecule has 2 aromatic rings. The number of carboxylic acids is 1. The molecular formula is C12H13FN4O2. The van der Waals surface area contributed by atoms with Crippen molar-refractivity contribution in [3.63, 3.8) is 0 Å². The topological polar surface area (TPSA) is 80.0 Å². The Balaban J connectivity index is 2.01. The number of aryl methyl sites for hydroxylation is 1. The molecule has 2 N–H and O–H groups in total. The van der Waals surface area contributed by atoms with Gasteiger partial charge in [0.2, 0.25) is 0 Å². The van der Waals surface area contributed by atoms with E-state index in [0.29, 0.717) is 13.0 Å². The molecule has 2 rings (SSSR count). The molecule has 0 atom stereocenters. The average molecular weight is 264 g/mol. The molecule has 100 valence electrons. The summed E-state index contributed by atoms with van der Waals surface area (Å²) in [6.07, 6.45) is 5.26. The number of aromatic nitrogens is 3. The number of nitrogens with zero attached hydrogens (tertiary/aromatic N) is 3. The highest BCUT2D eigenvalue weighted by Crippen LogP contribution is 2.13. The minimum atomic E-state index is -1.21. The van der Waals surface area contributed by atoms with Crippen LogP contribution in [0, 0.1) is 5.82 Å². The van der Waals surface area contributed by atoms with Crippen LogP contribution in [0.1, 0.15) is 15.9 Å². The van der Waals surface area contributed by atoms with E-state index in [1.54, 1.807) is 10.9 Å². The van der Waals surface area contributed by atoms with E-state index in [0.717, 1.165) is 17.8 Å². The molecule has 0 amide bonds. The van der Waals surface area contributed by atoms with Gasteiger partial charge in [0.05, 0.1) is 12.4 Å². The summed E-state index contributed by atoms with van der Waals surface area (Å²) in [5.74, 6) is -1.72. The third kappa shape index (κ3) is 3.27. The highest BCUT2D eigenvalue weighted by atomic mass is 19.1. The molecule has 0 bridgehead atoms. The van der Waals surface area contributed by atoms with Gasteiger partial charge in [0.1, 0.15) is 17.2 Å². The molecule has 0 unspecified atom stereocenters. The van der Waals surface area contributed by atoms with Crippen LogP contribution in [-0.2, 0) is 13.5 Å². The third-order valence-corrected chi connectivity index (χ3v) is 2.55. The van der Waals surface area contributed by atoms with E-state index in [9.17, 15) is 9.18 Å². The number of halogens is 1. The minimum absolute atomic E-state index is 0.165. The Morgan fingerprint density at radius 1 is 1.53 bits per heavy atom. The maximum Gasteiger partial charge on any atom is 0.339 e. The summed E-state index contributed by atoms with van der Waals surface area (Å²) in [6.45, 7) is 0.491. The van der Waals surface area contributed by atoms with Crippen molar-refractivity contribution in [2.24, 2.45) is 7.05 Å². The second-order valence-corrected chi connectivity index (χ2v) is 4.05. The van der Waals surface area contributed by atoms with Gasteiger partial charge in [-0.15, -0.1) is 0 Å². The fraction of sp³-hybridized carbons (Fsp3) is 0.250. The Hall–Kier alpha value is -2.44. The largest absolute Gasteiger partial charge is 0.478 e. The molecular weight excluding hydrogens is 251 g/mol. The average Bonchev–Trinajstić information content (AvgIpc) is 2.77. The van der Waals surface area contributed by atoms with Crippen molar-refractivity contribution in [3.05, 3.63) is 41.6 Å². The van der Waals surface area contributed by atoms with Crippen LogP contribution in [0.5, 0.6) is 0 Å². The Morgan fingerprint density at radius 3 is 2.95 bits per heavy atom. The summed E-state index contributed by atoms with van der Waals surface area (Å²) >= 11 is 0. The van der Waals surface area contributed by atoms with Crippen LogP contribution in [0.4, 0.5) is 10.2 Å². The summed E-state index contributed by atoms with van der Waals surface area (Å²) in [5, 5.41) is 15.9. The normalized spacial score (nSPS) is 10.4. The van der Waals surface area contributed by atoms with Gasteiger partial charge in [-0.2, -0.15) is 5.10 Å². The van der Waals surface area contributed by atoms with Gasteiger partial charge in [0.25, 0.3) is 0 Å². The zero-order valence-electron chi connectivity index (χ0n) is 10.3. The first-order valence-electron chi connectivity index (χ1n) is 5.66. The zero-order chi connectivity index (χ0) is 13.8. The Kier molecular flexibility index (Phi) is 3.74. The monoisotopic (exact) mass is 264 g/mol. The predicted octanol–water partition coefficient (Wildman–Crippen LogP) is 1.31. The molecule has 0 fully saturated rings. The first kappa shape index (κ1) is 13.0. The summed E-state index contributed by atoms with van der Waals surface area (Å²) in [4.78, 5) is 14.7.